The van der Waals surface area contributed by atoms with Crippen LogP contribution in [0, 0.1) is 0 Å². The molecule has 31 heavy (non-hydrogen) atoms. The summed E-state index contributed by atoms with van der Waals surface area (Å²) in [6, 6.07) is 11.0. The third-order valence-corrected chi connectivity index (χ3v) is 6.69. The number of nitrogens with one attached hydrogen (secondary N) is 2. The molecule has 2 aromatic heterocycles. The lowest BCUT2D eigenvalue weighted by Crippen LogP contribution is -2.49. The highest BCUT2D eigenvalue weighted by atomic mass is 32.1. The van der Waals surface area contributed by atoms with Gasteiger partial charge in [-0.15, -0.1) is 11.3 Å². The zero-order chi connectivity index (χ0) is 21.8. The van der Waals surface area contributed by atoms with E-state index in [9.17, 15) is 9.59 Å². The maximum atomic E-state index is 13.2. The summed E-state index contributed by atoms with van der Waals surface area (Å²) in [6.07, 6.45) is 7.11. The molecule has 8 heteroatoms. The van der Waals surface area contributed by atoms with Gasteiger partial charge < -0.3 is 16.4 Å². The molecule has 1 fully saturated rings. The van der Waals surface area contributed by atoms with E-state index < -0.39 is 0 Å². The van der Waals surface area contributed by atoms with E-state index in [0.717, 1.165) is 41.8 Å². The molecule has 0 spiro atoms. The zero-order valence-corrected chi connectivity index (χ0v) is 18.1. The van der Waals surface area contributed by atoms with E-state index in [4.69, 9.17) is 5.73 Å². The van der Waals surface area contributed by atoms with Crippen LogP contribution in [0.2, 0.25) is 0 Å². The van der Waals surface area contributed by atoms with E-state index in [2.05, 4.69) is 20.6 Å². The normalized spacial score (nSPS) is 18.4. The highest BCUT2D eigenvalue weighted by Gasteiger charge is 2.25. The standard InChI is InChI=1S/C23H25N5O2S/c1-14(29)20-8-9-21(31-20)17-12-15(27-22-10-11-25-13-26-22)6-7-16(17)23(30)28-19-5-3-2-4-18(19)24/h6-13,18-19H,2-5,24H2,1H3,(H,28,30)(H,25,26,27). The number of hydrogen-bond donors (Lipinski definition) is 3. The van der Waals surface area contributed by atoms with Crippen molar-refractivity contribution in [2.75, 3.05) is 5.32 Å². The van der Waals surface area contributed by atoms with Crippen LogP contribution in [-0.2, 0) is 0 Å². The molecule has 2 heterocycles. The fourth-order valence-corrected chi connectivity index (χ4v) is 4.72. The first-order valence-electron chi connectivity index (χ1n) is 10.4. The maximum Gasteiger partial charge on any atom is 0.252 e. The number of carbonyl (C=O) groups is 2. The summed E-state index contributed by atoms with van der Waals surface area (Å²) >= 11 is 1.38. The number of amides is 1. The van der Waals surface area contributed by atoms with Crippen LogP contribution < -0.4 is 16.4 Å². The lowest BCUT2D eigenvalue weighted by Gasteiger charge is -2.29. The first-order valence-corrected chi connectivity index (χ1v) is 11.2. The molecule has 1 aromatic carbocycles. The van der Waals surface area contributed by atoms with Crippen LogP contribution in [0.1, 0.15) is 52.6 Å². The van der Waals surface area contributed by atoms with Gasteiger partial charge in [0.05, 0.1) is 4.88 Å². The molecule has 0 saturated heterocycles. The number of rotatable bonds is 6. The van der Waals surface area contributed by atoms with Crippen molar-refractivity contribution < 1.29 is 9.59 Å². The fourth-order valence-electron chi connectivity index (χ4n) is 3.79. The molecule has 7 nitrogen and oxygen atoms in total. The minimum atomic E-state index is -0.149. The zero-order valence-electron chi connectivity index (χ0n) is 17.3. The topological polar surface area (TPSA) is 110 Å². The van der Waals surface area contributed by atoms with Gasteiger partial charge in [0, 0.05) is 40.0 Å². The van der Waals surface area contributed by atoms with Crippen molar-refractivity contribution >= 4 is 34.5 Å². The molecule has 0 radical (unpaired) electrons. The molecule has 0 bridgehead atoms. The molecule has 2 unspecified atom stereocenters. The number of aromatic nitrogens is 2. The van der Waals surface area contributed by atoms with Gasteiger partial charge >= 0.3 is 0 Å². The molecule has 160 valence electrons. The highest BCUT2D eigenvalue weighted by Crippen LogP contribution is 2.34. The average Bonchev–Trinajstić information content (AvgIpc) is 3.27. The van der Waals surface area contributed by atoms with E-state index in [1.165, 1.54) is 17.7 Å². The predicted octanol–water partition coefficient (Wildman–Crippen LogP) is 4.15. The van der Waals surface area contributed by atoms with Crippen molar-refractivity contribution in [2.45, 2.75) is 44.7 Å². The molecule has 1 aliphatic carbocycles. The van der Waals surface area contributed by atoms with E-state index in [0.29, 0.717) is 16.3 Å². The Morgan fingerprint density at radius 3 is 2.68 bits per heavy atom. The number of carbonyl (C=O) groups excluding carboxylic acids is 2. The van der Waals surface area contributed by atoms with Gasteiger partial charge in [0.1, 0.15) is 12.1 Å². The van der Waals surface area contributed by atoms with E-state index in [1.54, 1.807) is 31.3 Å². The summed E-state index contributed by atoms with van der Waals surface area (Å²) in [4.78, 5) is 34.6. The number of hydrogen-bond acceptors (Lipinski definition) is 7. The monoisotopic (exact) mass is 435 g/mol. The molecular weight excluding hydrogens is 410 g/mol. The number of nitrogens with zero attached hydrogens (tertiary/aromatic N) is 2. The Balaban J connectivity index is 1.67. The van der Waals surface area contributed by atoms with Gasteiger partial charge in [-0.05, 0) is 56.2 Å². The van der Waals surface area contributed by atoms with Gasteiger partial charge in [0.15, 0.2) is 5.78 Å². The number of nitrogens with two attached hydrogens (primary N) is 1. The Bertz CT molecular complexity index is 1080. The second-order valence-electron chi connectivity index (χ2n) is 7.73. The molecule has 1 amide bonds. The Morgan fingerprint density at radius 1 is 1.13 bits per heavy atom. The van der Waals surface area contributed by atoms with Gasteiger partial charge in [0.2, 0.25) is 0 Å². The molecule has 3 aromatic rings. The fraction of sp³-hybridized carbons (Fsp3) is 0.304. The third-order valence-electron chi connectivity index (χ3n) is 5.47. The second-order valence-corrected chi connectivity index (χ2v) is 8.81. The van der Waals surface area contributed by atoms with E-state index in [-0.39, 0.29) is 23.8 Å². The molecule has 0 aliphatic heterocycles. The number of Topliss-reactive ketones (excluding diaryl/α,β-unsaturated/α-hetero) is 1. The minimum absolute atomic E-state index is 0.00527. The Kier molecular flexibility index (Phi) is 6.39. The van der Waals surface area contributed by atoms with Crippen molar-refractivity contribution in [3.05, 3.63) is 59.4 Å². The van der Waals surface area contributed by atoms with Crippen LogP contribution in [0.4, 0.5) is 11.5 Å². The third kappa shape index (κ3) is 4.98. The molecular formula is C23H25N5O2S. The number of benzene rings is 1. The van der Waals surface area contributed by atoms with Crippen molar-refractivity contribution in [1.82, 2.24) is 15.3 Å². The smallest absolute Gasteiger partial charge is 0.252 e. The second kappa shape index (κ2) is 9.36. The minimum Gasteiger partial charge on any atom is -0.348 e. The van der Waals surface area contributed by atoms with Crippen molar-refractivity contribution in [3.8, 4) is 10.4 Å². The lowest BCUT2D eigenvalue weighted by molar-refractivity contribution is 0.0921. The van der Waals surface area contributed by atoms with E-state index >= 15 is 0 Å². The largest absolute Gasteiger partial charge is 0.348 e. The van der Waals surface area contributed by atoms with E-state index in [1.807, 2.05) is 18.2 Å². The van der Waals surface area contributed by atoms with Crippen molar-refractivity contribution in [2.24, 2.45) is 5.73 Å². The predicted molar refractivity (Wildman–Crippen MR) is 123 cm³/mol. The van der Waals surface area contributed by atoms with Gasteiger partial charge in [0.25, 0.3) is 5.91 Å². The Labute approximate surface area is 185 Å². The number of ketones is 1. The molecule has 4 N–H and O–H groups in total. The summed E-state index contributed by atoms with van der Waals surface area (Å²) in [5.74, 6) is 0.511. The first-order chi connectivity index (χ1) is 15.0. The number of thiophene rings is 1. The molecule has 2 atom stereocenters. The van der Waals surface area contributed by atoms with Gasteiger partial charge in [-0.25, -0.2) is 9.97 Å². The molecule has 1 saturated carbocycles. The van der Waals surface area contributed by atoms with Crippen LogP contribution in [0.15, 0.2) is 48.9 Å². The summed E-state index contributed by atoms with van der Waals surface area (Å²) in [6.45, 7) is 1.54. The quantitative estimate of drug-likeness (QED) is 0.502. The number of anilines is 2. The van der Waals surface area contributed by atoms with Crippen LogP contribution in [0.3, 0.4) is 0 Å². The average molecular weight is 436 g/mol. The maximum absolute atomic E-state index is 13.2. The summed E-state index contributed by atoms with van der Waals surface area (Å²) in [5, 5.41) is 6.36. The molecule has 1 aliphatic rings. The van der Waals surface area contributed by atoms with Crippen LogP contribution in [-0.4, -0.2) is 33.7 Å². The Hall–Kier alpha value is -3.10. The summed E-state index contributed by atoms with van der Waals surface area (Å²) < 4.78 is 0. The summed E-state index contributed by atoms with van der Waals surface area (Å²) in [7, 11) is 0. The summed E-state index contributed by atoms with van der Waals surface area (Å²) in [5.41, 5.74) is 8.34. The molecule has 4 rings (SSSR count). The van der Waals surface area contributed by atoms with Crippen LogP contribution in [0.25, 0.3) is 10.4 Å². The van der Waals surface area contributed by atoms with Crippen molar-refractivity contribution in [3.63, 3.8) is 0 Å². The van der Waals surface area contributed by atoms with Crippen LogP contribution in [0.5, 0.6) is 0 Å². The highest BCUT2D eigenvalue weighted by molar-refractivity contribution is 7.17. The lowest BCUT2D eigenvalue weighted by atomic mass is 9.90. The van der Waals surface area contributed by atoms with Gasteiger partial charge in [-0.1, -0.05) is 12.8 Å². The Morgan fingerprint density at radius 2 is 1.97 bits per heavy atom. The van der Waals surface area contributed by atoms with Gasteiger partial charge in [-0.3, -0.25) is 9.59 Å². The first kappa shape index (κ1) is 21.1. The van der Waals surface area contributed by atoms with Gasteiger partial charge in [-0.2, -0.15) is 0 Å². The van der Waals surface area contributed by atoms with Crippen LogP contribution >= 0.6 is 11.3 Å². The van der Waals surface area contributed by atoms with Crippen molar-refractivity contribution in [1.29, 1.82) is 0 Å². The SMILES string of the molecule is CC(=O)c1ccc(-c2cc(Nc3ccncn3)ccc2C(=O)NC2CCCCC2N)s1.